The van der Waals surface area contributed by atoms with Crippen LogP contribution in [0.1, 0.15) is 48.8 Å². The van der Waals surface area contributed by atoms with Crippen molar-refractivity contribution in [2.45, 2.75) is 45.6 Å². The van der Waals surface area contributed by atoms with Gasteiger partial charge in [0.1, 0.15) is 18.2 Å². The fourth-order valence-corrected chi connectivity index (χ4v) is 4.27. The molecule has 9 heteroatoms. The van der Waals surface area contributed by atoms with Gasteiger partial charge in [0.05, 0.1) is 6.54 Å². The van der Waals surface area contributed by atoms with E-state index in [0.717, 1.165) is 43.7 Å². The van der Waals surface area contributed by atoms with Crippen LogP contribution in [0.25, 0.3) is 0 Å². The fraction of sp³-hybridized carbons (Fsp3) is 0.370. The molecule has 0 radical (unpaired) electrons. The van der Waals surface area contributed by atoms with E-state index in [0.29, 0.717) is 36.1 Å². The highest BCUT2D eigenvalue weighted by Gasteiger charge is 2.30. The molecule has 0 unspecified atom stereocenters. The summed E-state index contributed by atoms with van der Waals surface area (Å²) in [5, 5.41) is 3.21. The first-order chi connectivity index (χ1) is 17.6. The van der Waals surface area contributed by atoms with Crippen LogP contribution in [0.5, 0.6) is 11.6 Å². The molecule has 1 aromatic heterocycles. The Kier molecular flexibility index (Phi) is 8.84. The summed E-state index contributed by atoms with van der Waals surface area (Å²) >= 11 is 6.15. The van der Waals surface area contributed by atoms with Crippen molar-refractivity contribution in [1.82, 2.24) is 14.9 Å². The zero-order valence-electron chi connectivity index (χ0n) is 20.4. The molecule has 1 N–H and O–H groups in total. The molecule has 0 spiro atoms. The summed E-state index contributed by atoms with van der Waals surface area (Å²) in [6.45, 7) is 3.75. The third-order valence-corrected chi connectivity index (χ3v) is 6.13. The lowest BCUT2D eigenvalue weighted by Gasteiger charge is -2.22. The summed E-state index contributed by atoms with van der Waals surface area (Å²) in [7, 11) is 0. The molecule has 0 atom stereocenters. The predicted molar refractivity (Wildman–Crippen MR) is 139 cm³/mol. The predicted octanol–water partition coefficient (Wildman–Crippen LogP) is 5.49. The molecule has 1 aliphatic heterocycles. The number of carbonyl (C=O) groups excluding carboxylic acids is 2. The van der Waals surface area contributed by atoms with E-state index < -0.39 is 6.09 Å². The first kappa shape index (κ1) is 25.6. The number of ether oxygens (including phenoxy) is 2. The minimum absolute atomic E-state index is 0.233. The molecular weight excluding hydrogens is 480 g/mol. The van der Waals surface area contributed by atoms with Crippen molar-refractivity contribution in [1.29, 1.82) is 0 Å². The van der Waals surface area contributed by atoms with Crippen LogP contribution in [0.15, 0.2) is 54.6 Å². The molecule has 0 fully saturated rings. The maximum Gasteiger partial charge on any atom is 0.414 e. The quantitative estimate of drug-likeness (QED) is 0.365. The van der Waals surface area contributed by atoms with Gasteiger partial charge in [-0.05, 0) is 49.6 Å². The lowest BCUT2D eigenvalue weighted by Crippen LogP contribution is -2.34. The largest absolute Gasteiger partial charge is 0.492 e. The number of fused-ring (bicyclic) bond motifs is 1. The molecular formula is C27H31ClN4O4. The number of benzene rings is 2. The number of para-hydroxylation sites is 1. The number of aryl methyl sites for hydroxylation is 1. The highest BCUT2D eigenvalue weighted by Crippen LogP contribution is 2.34. The number of imidazole rings is 1. The Morgan fingerprint density at radius 2 is 1.97 bits per heavy atom. The SMILES string of the molecule is CCCCN(C(=O)c1cccc(Cl)c1)c1nc2n(c1OC(=O)NCCOc1ccccc1)CCCC2. The van der Waals surface area contributed by atoms with Crippen LogP contribution in [-0.4, -0.2) is 41.2 Å². The minimum Gasteiger partial charge on any atom is -0.492 e. The van der Waals surface area contributed by atoms with Crippen molar-refractivity contribution >= 4 is 29.4 Å². The lowest BCUT2D eigenvalue weighted by atomic mass is 10.2. The second-order valence-electron chi connectivity index (χ2n) is 8.56. The van der Waals surface area contributed by atoms with Crippen molar-refractivity contribution in [3.8, 4) is 11.6 Å². The van der Waals surface area contributed by atoms with E-state index in [1.807, 2.05) is 34.9 Å². The molecule has 8 nitrogen and oxygen atoms in total. The van der Waals surface area contributed by atoms with Gasteiger partial charge in [-0.3, -0.25) is 14.3 Å². The lowest BCUT2D eigenvalue weighted by molar-refractivity contribution is 0.0984. The summed E-state index contributed by atoms with van der Waals surface area (Å²) in [6, 6.07) is 16.2. The summed E-state index contributed by atoms with van der Waals surface area (Å²) in [6.07, 6.45) is 3.75. The van der Waals surface area contributed by atoms with Crippen LogP contribution in [0.3, 0.4) is 0 Å². The molecule has 0 bridgehead atoms. The van der Waals surface area contributed by atoms with Crippen molar-refractivity contribution < 1.29 is 19.1 Å². The molecule has 2 aromatic carbocycles. The number of hydrogen-bond acceptors (Lipinski definition) is 5. The number of nitrogens with zero attached hydrogens (tertiary/aromatic N) is 3. The molecule has 2 amide bonds. The van der Waals surface area contributed by atoms with Crippen LogP contribution < -0.4 is 19.7 Å². The van der Waals surface area contributed by atoms with Crippen LogP contribution in [0.2, 0.25) is 5.02 Å². The van der Waals surface area contributed by atoms with E-state index in [1.54, 1.807) is 29.2 Å². The Bertz CT molecular complexity index is 1180. The van der Waals surface area contributed by atoms with E-state index in [2.05, 4.69) is 12.2 Å². The molecule has 4 rings (SSSR count). The summed E-state index contributed by atoms with van der Waals surface area (Å²) in [4.78, 5) is 32.6. The smallest absolute Gasteiger partial charge is 0.414 e. The standard InChI is InChI=1S/C27H31ClN4O4/c1-2-3-16-32(25(33)20-10-9-11-21(28)19-20)24-26(31-17-8-7-14-23(31)30-24)36-27(34)29-15-18-35-22-12-5-4-6-13-22/h4-6,9-13,19H,2-3,7-8,14-18H2,1H3,(H,29,34). The van der Waals surface area contributed by atoms with Crippen molar-refractivity contribution in [2.24, 2.45) is 0 Å². The monoisotopic (exact) mass is 510 g/mol. The van der Waals surface area contributed by atoms with Crippen molar-refractivity contribution in [3.05, 3.63) is 71.0 Å². The summed E-state index contributed by atoms with van der Waals surface area (Å²) in [5.74, 6) is 1.96. The zero-order chi connectivity index (χ0) is 25.3. The highest BCUT2D eigenvalue weighted by atomic mass is 35.5. The van der Waals surface area contributed by atoms with Gasteiger partial charge in [-0.1, -0.05) is 49.2 Å². The van der Waals surface area contributed by atoms with Gasteiger partial charge in [-0.25, -0.2) is 9.78 Å². The highest BCUT2D eigenvalue weighted by molar-refractivity contribution is 6.31. The van der Waals surface area contributed by atoms with Gasteiger partial charge in [0.15, 0.2) is 5.82 Å². The fourth-order valence-electron chi connectivity index (χ4n) is 4.08. The second-order valence-corrected chi connectivity index (χ2v) is 9.00. The molecule has 0 saturated heterocycles. The number of carbonyl (C=O) groups is 2. The molecule has 0 saturated carbocycles. The van der Waals surface area contributed by atoms with Gasteiger partial charge >= 0.3 is 6.09 Å². The Hall–Kier alpha value is -3.52. The van der Waals surface area contributed by atoms with E-state index in [1.165, 1.54) is 0 Å². The number of halogens is 1. The topological polar surface area (TPSA) is 85.7 Å². The normalized spacial score (nSPS) is 12.5. The van der Waals surface area contributed by atoms with Gasteiger partial charge in [0.2, 0.25) is 5.88 Å². The van der Waals surface area contributed by atoms with Crippen LogP contribution in [-0.2, 0) is 13.0 Å². The first-order valence-corrected chi connectivity index (χ1v) is 12.7. The molecule has 0 aliphatic carbocycles. The number of rotatable bonds is 10. The average molecular weight is 511 g/mol. The Balaban J connectivity index is 1.53. The second kappa shape index (κ2) is 12.4. The van der Waals surface area contributed by atoms with E-state index in [4.69, 9.17) is 26.1 Å². The van der Waals surface area contributed by atoms with Gasteiger partial charge in [0, 0.05) is 30.1 Å². The number of hydrogen-bond donors (Lipinski definition) is 1. The van der Waals surface area contributed by atoms with Gasteiger partial charge in [-0.2, -0.15) is 0 Å². The maximum atomic E-state index is 13.5. The maximum absolute atomic E-state index is 13.5. The number of aromatic nitrogens is 2. The Morgan fingerprint density at radius 3 is 2.75 bits per heavy atom. The van der Waals surface area contributed by atoms with Crippen molar-refractivity contribution in [3.63, 3.8) is 0 Å². The van der Waals surface area contributed by atoms with E-state index in [-0.39, 0.29) is 18.3 Å². The number of unbranched alkanes of at least 4 members (excludes halogenated alkanes) is 1. The molecule has 190 valence electrons. The molecule has 2 heterocycles. The molecule has 1 aliphatic rings. The zero-order valence-corrected chi connectivity index (χ0v) is 21.2. The third kappa shape index (κ3) is 6.37. The number of anilines is 1. The molecule has 36 heavy (non-hydrogen) atoms. The van der Waals surface area contributed by atoms with Gasteiger partial charge < -0.3 is 14.8 Å². The third-order valence-electron chi connectivity index (χ3n) is 5.90. The van der Waals surface area contributed by atoms with Crippen LogP contribution >= 0.6 is 11.6 Å². The molecule has 3 aromatic rings. The van der Waals surface area contributed by atoms with Gasteiger partial charge in [0.25, 0.3) is 5.91 Å². The summed E-state index contributed by atoms with van der Waals surface area (Å²) in [5.41, 5.74) is 0.457. The van der Waals surface area contributed by atoms with E-state index >= 15 is 0 Å². The Morgan fingerprint density at radius 1 is 1.14 bits per heavy atom. The van der Waals surface area contributed by atoms with Crippen LogP contribution in [0, 0.1) is 0 Å². The van der Waals surface area contributed by atoms with Crippen molar-refractivity contribution in [2.75, 3.05) is 24.6 Å². The summed E-state index contributed by atoms with van der Waals surface area (Å²) < 4.78 is 13.3. The Labute approximate surface area is 216 Å². The number of nitrogens with one attached hydrogen (secondary N) is 1. The average Bonchev–Trinajstić information content (AvgIpc) is 3.25. The first-order valence-electron chi connectivity index (χ1n) is 12.4. The number of amides is 2. The minimum atomic E-state index is -0.619. The van der Waals surface area contributed by atoms with Crippen LogP contribution in [0.4, 0.5) is 10.6 Å². The van der Waals surface area contributed by atoms with E-state index in [9.17, 15) is 9.59 Å². The van der Waals surface area contributed by atoms with Gasteiger partial charge in [-0.15, -0.1) is 0 Å².